The Morgan fingerprint density at radius 3 is 3.20 bits per heavy atom. The van der Waals surface area contributed by atoms with Crippen LogP contribution in [0.4, 0.5) is 5.13 Å². The first-order valence-electron chi connectivity index (χ1n) is 2.95. The second-order valence-corrected chi connectivity index (χ2v) is 2.76. The normalized spacial score (nSPS) is 12.0. The summed E-state index contributed by atoms with van der Waals surface area (Å²) in [5, 5.41) is 5.83. The van der Waals surface area contributed by atoms with E-state index in [1.54, 1.807) is 17.5 Å². The predicted molar refractivity (Wildman–Crippen MR) is 44.0 cm³/mol. The monoisotopic (exact) mass is 152 g/mol. The minimum Gasteiger partial charge on any atom is -0.348 e. The molecule has 2 nitrogen and oxygen atoms in total. The Labute approximate surface area is 64.3 Å². The Kier molecular flexibility index (Phi) is 2.30. The molecule has 1 aromatic rings. The van der Waals surface area contributed by atoms with E-state index in [4.69, 9.17) is 6.42 Å². The predicted octanol–water partition coefficient (Wildman–Crippen LogP) is 1.58. The first-order valence-corrected chi connectivity index (χ1v) is 3.83. The van der Waals surface area contributed by atoms with Gasteiger partial charge in [-0.05, 0) is 6.92 Å². The van der Waals surface area contributed by atoms with Crippen LogP contribution >= 0.6 is 11.3 Å². The van der Waals surface area contributed by atoms with Gasteiger partial charge in [0.1, 0.15) is 0 Å². The number of nitrogens with one attached hydrogen (secondary N) is 1. The second-order valence-electron chi connectivity index (χ2n) is 1.87. The van der Waals surface area contributed by atoms with Crippen molar-refractivity contribution in [3.8, 4) is 12.3 Å². The Bertz CT molecular complexity index is 222. The van der Waals surface area contributed by atoms with Crippen molar-refractivity contribution in [2.45, 2.75) is 13.0 Å². The molecule has 0 radical (unpaired) electrons. The number of aromatic nitrogens is 1. The molecule has 0 aliphatic heterocycles. The summed E-state index contributed by atoms with van der Waals surface area (Å²) in [4.78, 5) is 4.02. The highest BCUT2D eigenvalue weighted by atomic mass is 32.1. The summed E-state index contributed by atoms with van der Waals surface area (Å²) in [7, 11) is 0. The summed E-state index contributed by atoms with van der Waals surface area (Å²) in [6.07, 6.45) is 6.90. The first kappa shape index (κ1) is 7.10. The van der Waals surface area contributed by atoms with E-state index in [1.165, 1.54) is 0 Å². The van der Waals surface area contributed by atoms with Gasteiger partial charge in [-0.15, -0.1) is 17.8 Å². The summed E-state index contributed by atoms with van der Waals surface area (Å²) >= 11 is 1.55. The van der Waals surface area contributed by atoms with Gasteiger partial charge in [-0.1, -0.05) is 5.92 Å². The Hall–Kier alpha value is -1.01. The lowest BCUT2D eigenvalue weighted by atomic mass is 10.4. The standard InChI is InChI=1S/C7H8N2S/c1-3-6(2)9-7-8-4-5-10-7/h1,4-6H,2H3,(H,8,9). The van der Waals surface area contributed by atoms with Gasteiger partial charge >= 0.3 is 0 Å². The number of hydrogen-bond acceptors (Lipinski definition) is 3. The topological polar surface area (TPSA) is 24.9 Å². The highest BCUT2D eigenvalue weighted by Gasteiger charge is 1.96. The average Bonchev–Trinajstić information content (AvgIpc) is 2.40. The van der Waals surface area contributed by atoms with Crippen LogP contribution in [0.1, 0.15) is 6.92 Å². The van der Waals surface area contributed by atoms with Crippen molar-refractivity contribution in [3.63, 3.8) is 0 Å². The van der Waals surface area contributed by atoms with Crippen molar-refractivity contribution in [1.29, 1.82) is 0 Å². The molecule has 0 saturated carbocycles. The van der Waals surface area contributed by atoms with Crippen molar-refractivity contribution in [3.05, 3.63) is 11.6 Å². The third kappa shape index (κ3) is 1.74. The number of nitrogens with zero attached hydrogens (tertiary/aromatic N) is 1. The van der Waals surface area contributed by atoms with E-state index in [-0.39, 0.29) is 6.04 Å². The van der Waals surface area contributed by atoms with Crippen LogP contribution in [0, 0.1) is 12.3 Å². The Morgan fingerprint density at radius 1 is 1.90 bits per heavy atom. The summed E-state index contributed by atoms with van der Waals surface area (Å²) in [5.74, 6) is 2.56. The quantitative estimate of drug-likeness (QED) is 0.651. The second kappa shape index (κ2) is 3.23. The molecular weight excluding hydrogens is 144 g/mol. The Morgan fingerprint density at radius 2 is 2.70 bits per heavy atom. The number of hydrogen-bond donors (Lipinski definition) is 1. The van der Waals surface area contributed by atoms with Crippen LogP contribution < -0.4 is 5.32 Å². The van der Waals surface area contributed by atoms with Crippen LogP contribution in [0.25, 0.3) is 0 Å². The average molecular weight is 152 g/mol. The van der Waals surface area contributed by atoms with Crippen LogP contribution in [-0.4, -0.2) is 11.0 Å². The molecular formula is C7H8N2S. The smallest absolute Gasteiger partial charge is 0.183 e. The molecule has 0 amide bonds. The lowest BCUT2D eigenvalue weighted by Gasteiger charge is -2.02. The molecule has 3 heteroatoms. The maximum absolute atomic E-state index is 5.15. The van der Waals surface area contributed by atoms with E-state index in [0.717, 1.165) is 5.13 Å². The van der Waals surface area contributed by atoms with Crippen molar-refractivity contribution in [1.82, 2.24) is 4.98 Å². The lowest BCUT2D eigenvalue weighted by molar-refractivity contribution is 1.03. The van der Waals surface area contributed by atoms with Crippen molar-refractivity contribution in [2.75, 3.05) is 5.32 Å². The maximum atomic E-state index is 5.15. The van der Waals surface area contributed by atoms with Gasteiger partial charge in [0.15, 0.2) is 5.13 Å². The van der Waals surface area contributed by atoms with Crippen molar-refractivity contribution < 1.29 is 0 Å². The van der Waals surface area contributed by atoms with Gasteiger partial charge in [-0.25, -0.2) is 4.98 Å². The molecule has 52 valence electrons. The molecule has 0 bridgehead atoms. The molecule has 0 spiro atoms. The SMILES string of the molecule is C#CC(C)Nc1nccs1. The van der Waals surface area contributed by atoms with Gasteiger partial charge in [-0.2, -0.15) is 0 Å². The lowest BCUT2D eigenvalue weighted by Crippen LogP contribution is -2.11. The summed E-state index contributed by atoms with van der Waals surface area (Å²) < 4.78 is 0. The van der Waals surface area contributed by atoms with Crippen LogP contribution in [0.5, 0.6) is 0 Å². The minimum atomic E-state index is 0.0612. The van der Waals surface area contributed by atoms with E-state index in [1.807, 2.05) is 12.3 Å². The molecule has 10 heavy (non-hydrogen) atoms. The number of thiazole rings is 1. The van der Waals surface area contributed by atoms with E-state index < -0.39 is 0 Å². The highest BCUT2D eigenvalue weighted by molar-refractivity contribution is 7.13. The Balaban J connectivity index is 2.50. The van der Waals surface area contributed by atoms with Gasteiger partial charge < -0.3 is 5.32 Å². The van der Waals surface area contributed by atoms with Gasteiger partial charge in [-0.3, -0.25) is 0 Å². The minimum absolute atomic E-state index is 0.0612. The van der Waals surface area contributed by atoms with Crippen LogP contribution in [0.3, 0.4) is 0 Å². The van der Waals surface area contributed by atoms with E-state index in [2.05, 4.69) is 16.2 Å². The summed E-state index contributed by atoms with van der Waals surface area (Å²) in [6, 6.07) is 0.0612. The third-order valence-electron chi connectivity index (χ3n) is 1.02. The van der Waals surface area contributed by atoms with Crippen molar-refractivity contribution >= 4 is 16.5 Å². The zero-order valence-corrected chi connectivity index (χ0v) is 6.48. The molecule has 0 aliphatic rings. The zero-order chi connectivity index (χ0) is 7.40. The van der Waals surface area contributed by atoms with Crippen LogP contribution in [0.15, 0.2) is 11.6 Å². The number of rotatable bonds is 2. The summed E-state index contributed by atoms with van der Waals surface area (Å²) in [5.41, 5.74) is 0. The molecule has 1 aromatic heterocycles. The molecule has 0 saturated heterocycles. The van der Waals surface area contributed by atoms with Crippen molar-refractivity contribution in [2.24, 2.45) is 0 Å². The molecule has 0 fully saturated rings. The van der Waals surface area contributed by atoms with Gasteiger partial charge in [0, 0.05) is 11.6 Å². The van der Waals surface area contributed by atoms with Crippen LogP contribution in [0.2, 0.25) is 0 Å². The van der Waals surface area contributed by atoms with Gasteiger partial charge in [0.25, 0.3) is 0 Å². The number of terminal acetylenes is 1. The van der Waals surface area contributed by atoms with E-state index >= 15 is 0 Å². The fraction of sp³-hybridized carbons (Fsp3) is 0.286. The highest BCUT2D eigenvalue weighted by Crippen LogP contribution is 2.10. The molecule has 1 rings (SSSR count). The first-order chi connectivity index (χ1) is 4.83. The summed E-state index contributed by atoms with van der Waals surface area (Å²) in [6.45, 7) is 1.92. The zero-order valence-electron chi connectivity index (χ0n) is 5.66. The molecule has 1 heterocycles. The van der Waals surface area contributed by atoms with Gasteiger partial charge in [0.05, 0.1) is 6.04 Å². The molecule has 0 aliphatic carbocycles. The molecule has 1 atom stereocenters. The third-order valence-corrected chi connectivity index (χ3v) is 1.73. The van der Waals surface area contributed by atoms with E-state index in [0.29, 0.717) is 0 Å². The van der Waals surface area contributed by atoms with Gasteiger partial charge in [0.2, 0.25) is 0 Å². The number of anilines is 1. The molecule has 1 N–H and O–H groups in total. The maximum Gasteiger partial charge on any atom is 0.183 e. The van der Waals surface area contributed by atoms with E-state index in [9.17, 15) is 0 Å². The largest absolute Gasteiger partial charge is 0.348 e. The molecule has 1 unspecified atom stereocenters. The fourth-order valence-electron chi connectivity index (χ4n) is 0.522. The van der Waals surface area contributed by atoms with Crippen LogP contribution in [-0.2, 0) is 0 Å². The molecule has 0 aromatic carbocycles. The fourth-order valence-corrected chi connectivity index (χ4v) is 1.14.